The number of hydrogen-bond donors (Lipinski definition) is 2. The second-order valence-electron chi connectivity index (χ2n) is 5.33. The second-order valence-corrected chi connectivity index (χ2v) is 8.08. The Morgan fingerprint density at radius 3 is 2.65 bits per heavy atom. The summed E-state index contributed by atoms with van der Waals surface area (Å²) in [6, 6.07) is 13.5. The highest BCUT2D eigenvalue weighted by Gasteiger charge is 2.22. The fourth-order valence-corrected chi connectivity index (χ4v) is 4.26. The number of anilines is 2. The molecule has 1 aliphatic heterocycles. The summed E-state index contributed by atoms with van der Waals surface area (Å²) in [6.07, 6.45) is 0. The average Bonchev–Trinajstić information content (AvgIpc) is 2.67. The molecule has 23 heavy (non-hydrogen) atoms. The Hall–Kier alpha value is -1.99. The Bertz CT molecular complexity index is 836. The summed E-state index contributed by atoms with van der Waals surface area (Å²) in [5, 5.41) is 2.80. The predicted molar refractivity (Wildman–Crippen MR) is 92.2 cm³/mol. The Morgan fingerprint density at radius 2 is 1.91 bits per heavy atom. The first-order valence-electron chi connectivity index (χ1n) is 7.11. The molecule has 2 aromatic rings. The third-order valence-corrected chi connectivity index (χ3v) is 6.19. The molecule has 0 aliphatic carbocycles. The van der Waals surface area contributed by atoms with Gasteiger partial charge in [0, 0.05) is 22.3 Å². The Labute approximate surface area is 139 Å². The lowest BCUT2D eigenvalue weighted by molar-refractivity contribution is -0.118. The molecule has 120 valence electrons. The number of hydrogen-bond acceptors (Lipinski definition) is 4. The van der Waals surface area contributed by atoms with Gasteiger partial charge in [0.05, 0.1) is 10.6 Å². The number of rotatable bonds is 3. The quantitative estimate of drug-likeness (QED) is 0.893. The van der Waals surface area contributed by atoms with Crippen molar-refractivity contribution >= 4 is 39.1 Å². The minimum atomic E-state index is -3.70. The molecule has 3 rings (SSSR count). The summed E-state index contributed by atoms with van der Waals surface area (Å²) in [5.41, 5.74) is 1.04. The van der Waals surface area contributed by atoms with E-state index in [1.54, 1.807) is 48.2 Å². The van der Waals surface area contributed by atoms with Gasteiger partial charge in [-0.05, 0) is 30.3 Å². The summed E-state index contributed by atoms with van der Waals surface area (Å²) in [4.78, 5) is 12.9. The van der Waals surface area contributed by atoms with E-state index in [-0.39, 0.29) is 16.7 Å². The molecule has 0 aromatic heterocycles. The van der Waals surface area contributed by atoms with Gasteiger partial charge in [-0.2, -0.15) is 0 Å². The molecule has 0 spiro atoms. The van der Waals surface area contributed by atoms with Crippen molar-refractivity contribution < 1.29 is 13.2 Å². The van der Waals surface area contributed by atoms with Gasteiger partial charge in [0.15, 0.2) is 0 Å². The molecule has 1 aliphatic rings. The molecule has 0 saturated carbocycles. The summed E-state index contributed by atoms with van der Waals surface area (Å²) in [5.74, 6) is 0.462. The highest BCUT2D eigenvalue weighted by atomic mass is 32.2. The van der Waals surface area contributed by atoms with Crippen LogP contribution in [0.2, 0.25) is 0 Å². The highest BCUT2D eigenvalue weighted by molar-refractivity contribution is 7.99. The van der Waals surface area contributed by atoms with Gasteiger partial charge in [-0.3, -0.25) is 9.52 Å². The van der Waals surface area contributed by atoms with E-state index in [4.69, 9.17) is 0 Å². The molecule has 2 aromatic carbocycles. The number of fused-ring (bicyclic) bond motifs is 1. The van der Waals surface area contributed by atoms with Crippen LogP contribution in [0.1, 0.15) is 6.92 Å². The first-order valence-corrected chi connectivity index (χ1v) is 9.58. The van der Waals surface area contributed by atoms with E-state index in [1.807, 2.05) is 13.0 Å². The maximum absolute atomic E-state index is 12.5. The number of amides is 1. The van der Waals surface area contributed by atoms with Crippen LogP contribution in [-0.4, -0.2) is 20.1 Å². The first-order chi connectivity index (χ1) is 11.0. The maximum Gasteiger partial charge on any atom is 0.261 e. The minimum Gasteiger partial charge on any atom is -0.325 e. The molecule has 5 nitrogen and oxygen atoms in total. The van der Waals surface area contributed by atoms with E-state index in [0.29, 0.717) is 17.1 Å². The van der Waals surface area contributed by atoms with Crippen molar-refractivity contribution in [2.45, 2.75) is 16.7 Å². The fourth-order valence-electron chi connectivity index (χ4n) is 2.17. The average molecular weight is 348 g/mol. The van der Waals surface area contributed by atoms with Crippen molar-refractivity contribution in [2.75, 3.05) is 15.8 Å². The van der Waals surface area contributed by atoms with Gasteiger partial charge in [-0.25, -0.2) is 8.42 Å². The fraction of sp³-hybridized carbons (Fsp3) is 0.188. The monoisotopic (exact) mass is 348 g/mol. The van der Waals surface area contributed by atoms with E-state index in [9.17, 15) is 13.2 Å². The summed E-state index contributed by atoms with van der Waals surface area (Å²) in [6.45, 7) is 1.85. The molecule has 0 bridgehead atoms. The van der Waals surface area contributed by atoms with Crippen molar-refractivity contribution in [3.05, 3.63) is 48.5 Å². The van der Waals surface area contributed by atoms with Crippen molar-refractivity contribution in [3.63, 3.8) is 0 Å². The molecule has 0 fully saturated rings. The largest absolute Gasteiger partial charge is 0.325 e. The van der Waals surface area contributed by atoms with E-state index in [0.717, 1.165) is 4.90 Å². The van der Waals surface area contributed by atoms with E-state index in [1.165, 1.54) is 6.07 Å². The van der Waals surface area contributed by atoms with Crippen LogP contribution in [0, 0.1) is 5.92 Å². The maximum atomic E-state index is 12.5. The standard InChI is InChI=1S/C16H16N2O3S2/c1-11-10-22-15-8-7-13(9-14(15)17-16(11)19)23(20,21)18-12-5-3-2-4-6-12/h2-9,11,18H,10H2,1H3,(H,17,19)/t11-/m0/s1. The van der Waals surface area contributed by atoms with Crippen LogP contribution in [-0.2, 0) is 14.8 Å². The summed E-state index contributed by atoms with van der Waals surface area (Å²) < 4.78 is 27.5. The molecular weight excluding hydrogens is 332 g/mol. The molecule has 0 saturated heterocycles. The van der Waals surface area contributed by atoms with Gasteiger partial charge < -0.3 is 5.32 Å². The number of nitrogens with one attached hydrogen (secondary N) is 2. The number of sulfonamides is 1. The molecule has 7 heteroatoms. The normalized spacial score (nSPS) is 17.8. The number of para-hydroxylation sites is 1. The van der Waals surface area contributed by atoms with E-state index < -0.39 is 10.0 Å². The number of thioether (sulfide) groups is 1. The topological polar surface area (TPSA) is 75.3 Å². The van der Waals surface area contributed by atoms with E-state index in [2.05, 4.69) is 10.0 Å². The van der Waals surface area contributed by atoms with Gasteiger partial charge in [-0.1, -0.05) is 25.1 Å². The molecule has 2 N–H and O–H groups in total. The molecule has 1 amide bonds. The van der Waals surface area contributed by atoms with Gasteiger partial charge >= 0.3 is 0 Å². The lowest BCUT2D eigenvalue weighted by Crippen LogP contribution is -2.20. The predicted octanol–water partition coefficient (Wildman–Crippen LogP) is 3.17. The molecular formula is C16H16N2O3S2. The van der Waals surface area contributed by atoms with Crippen molar-refractivity contribution in [2.24, 2.45) is 5.92 Å². The Morgan fingerprint density at radius 1 is 1.17 bits per heavy atom. The third kappa shape index (κ3) is 3.51. The SMILES string of the molecule is C[C@H]1CSc2ccc(S(=O)(=O)Nc3ccccc3)cc2NC1=O. The number of carbonyl (C=O) groups excluding carboxylic acids is 1. The zero-order valence-corrected chi connectivity index (χ0v) is 14.1. The van der Waals surface area contributed by atoms with Gasteiger partial charge in [-0.15, -0.1) is 11.8 Å². The Kier molecular flexibility index (Phi) is 4.32. The van der Waals surface area contributed by atoms with Crippen LogP contribution in [0.3, 0.4) is 0 Å². The summed E-state index contributed by atoms with van der Waals surface area (Å²) in [7, 11) is -3.70. The van der Waals surface area contributed by atoms with Crippen LogP contribution in [0.25, 0.3) is 0 Å². The van der Waals surface area contributed by atoms with Crippen molar-refractivity contribution in [1.82, 2.24) is 0 Å². The van der Waals surface area contributed by atoms with Crippen LogP contribution in [0.5, 0.6) is 0 Å². The van der Waals surface area contributed by atoms with Gasteiger partial charge in [0.25, 0.3) is 10.0 Å². The van der Waals surface area contributed by atoms with Crippen LogP contribution in [0.4, 0.5) is 11.4 Å². The first kappa shape index (κ1) is 15.9. The number of carbonyl (C=O) groups is 1. The van der Waals surface area contributed by atoms with Crippen molar-refractivity contribution in [3.8, 4) is 0 Å². The van der Waals surface area contributed by atoms with Crippen LogP contribution < -0.4 is 10.0 Å². The molecule has 0 unspecified atom stereocenters. The van der Waals surface area contributed by atoms with Crippen molar-refractivity contribution in [1.29, 1.82) is 0 Å². The molecule has 1 heterocycles. The minimum absolute atomic E-state index is 0.0955. The smallest absolute Gasteiger partial charge is 0.261 e. The summed E-state index contributed by atoms with van der Waals surface area (Å²) >= 11 is 1.55. The zero-order chi connectivity index (χ0) is 16.4. The second kappa shape index (κ2) is 6.25. The Balaban J connectivity index is 1.92. The van der Waals surface area contributed by atoms with Crippen LogP contribution >= 0.6 is 11.8 Å². The van der Waals surface area contributed by atoms with Gasteiger partial charge in [0.2, 0.25) is 5.91 Å². The highest BCUT2D eigenvalue weighted by Crippen LogP contribution is 2.34. The molecule has 0 radical (unpaired) electrons. The molecule has 1 atom stereocenters. The zero-order valence-electron chi connectivity index (χ0n) is 12.4. The third-order valence-electron chi connectivity index (χ3n) is 3.48. The van der Waals surface area contributed by atoms with Gasteiger partial charge in [0.1, 0.15) is 0 Å². The lowest BCUT2D eigenvalue weighted by Gasteiger charge is -2.11. The number of benzene rings is 2. The van der Waals surface area contributed by atoms with E-state index >= 15 is 0 Å². The van der Waals surface area contributed by atoms with Crippen LogP contribution in [0.15, 0.2) is 58.3 Å². The lowest BCUT2D eigenvalue weighted by atomic mass is 10.2.